The zero-order valence-corrected chi connectivity index (χ0v) is 13.0. The third kappa shape index (κ3) is 3.81. The first-order valence-corrected chi connectivity index (χ1v) is 8.20. The zero-order chi connectivity index (χ0) is 15.5. The number of alkyl halides is 1. The molecule has 0 aliphatic carbocycles. The highest BCUT2D eigenvalue weighted by Gasteiger charge is 2.22. The summed E-state index contributed by atoms with van der Waals surface area (Å²) in [7, 11) is -2.22. The molecule has 2 rings (SSSR count). The van der Waals surface area contributed by atoms with Gasteiger partial charge in [0.05, 0.1) is 12.7 Å². The van der Waals surface area contributed by atoms with Crippen LogP contribution in [0, 0.1) is 5.82 Å². The Kier molecular flexibility index (Phi) is 4.97. The zero-order valence-electron chi connectivity index (χ0n) is 11.4. The van der Waals surface area contributed by atoms with E-state index in [0.717, 1.165) is 4.31 Å². The Morgan fingerprint density at radius 2 is 2.19 bits per heavy atom. The second-order valence-electron chi connectivity index (χ2n) is 4.52. The highest BCUT2D eigenvalue weighted by atomic mass is 35.5. The van der Waals surface area contributed by atoms with Crippen molar-refractivity contribution in [3.63, 3.8) is 0 Å². The van der Waals surface area contributed by atoms with Gasteiger partial charge in [0.25, 0.3) is 0 Å². The van der Waals surface area contributed by atoms with E-state index in [2.05, 4.69) is 5.10 Å². The van der Waals surface area contributed by atoms with E-state index in [-0.39, 0.29) is 11.4 Å². The first-order valence-electron chi connectivity index (χ1n) is 6.22. The molecule has 5 nitrogen and oxygen atoms in total. The maximum atomic E-state index is 13.1. The number of aromatic nitrogens is 2. The number of hydrogen-bond donors (Lipinski definition) is 0. The average molecular weight is 332 g/mol. The Labute approximate surface area is 128 Å². The molecule has 1 heterocycles. The van der Waals surface area contributed by atoms with E-state index in [0.29, 0.717) is 18.0 Å². The Hall–Kier alpha value is -1.44. The van der Waals surface area contributed by atoms with Gasteiger partial charge in [-0.05, 0) is 17.7 Å². The first kappa shape index (κ1) is 15.9. The van der Waals surface area contributed by atoms with Crippen LogP contribution in [0.15, 0.2) is 41.6 Å². The molecule has 0 saturated heterocycles. The Bertz CT molecular complexity index is 718. The number of halogens is 2. The molecule has 0 aliphatic heterocycles. The molecule has 0 N–H and O–H groups in total. The predicted molar refractivity (Wildman–Crippen MR) is 78.0 cm³/mol. The molecule has 0 saturated carbocycles. The minimum atomic E-state index is -3.66. The molecular formula is C13H15ClFN3O2S. The summed E-state index contributed by atoms with van der Waals surface area (Å²) >= 11 is 5.59. The van der Waals surface area contributed by atoms with Crippen LogP contribution in [0.3, 0.4) is 0 Å². The Balaban J connectivity index is 2.17. The van der Waals surface area contributed by atoms with Gasteiger partial charge in [0.1, 0.15) is 10.7 Å². The van der Waals surface area contributed by atoms with Crippen LogP contribution < -0.4 is 0 Å². The summed E-state index contributed by atoms with van der Waals surface area (Å²) in [6.07, 6.45) is 2.71. The van der Waals surface area contributed by atoms with Crippen LogP contribution in [0.5, 0.6) is 0 Å². The van der Waals surface area contributed by atoms with Gasteiger partial charge >= 0.3 is 0 Å². The molecule has 1 aromatic heterocycles. The summed E-state index contributed by atoms with van der Waals surface area (Å²) in [5.74, 6) is -0.0476. The lowest BCUT2D eigenvalue weighted by atomic mass is 10.2. The molecule has 8 heteroatoms. The van der Waals surface area contributed by atoms with Crippen LogP contribution in [0.2, 0.25) is 0 Å². The second kappa shape index (κ2) is 6.55. The molecule has 114 valence electrons. The molecule has 21 heavy (non-hydrogen) atoms. The van der Waals surface area contributed by atoms with Crippen LogP contribution in [-0.2, 0) is 23.1 Å². The normalized spacial score (nSPS) is 12.0. The fraction of sp³-hybridized carbons (Fsp3) is 0.308. The third-order valence-corrected chi connectivity index (χ3v) is 4.85. The molecule has 0 radical (unpaired) electrons. The smallest absolute Gasteiger partial charge is 0.246 e. The molecule has 0 aliphatic rings. The summed E-state index contributed by atoms with van der Waals surface area (Å²) in [4.78, 5) is 0.0894. The van der Waals surface area contributed by atoms with E-state index in [4.69, 9.17) is 11.6 Å². The topological polar surface area (TPSA) is 55.2 Å². The molecular weight excluding hydrogens is 317 g/mol. The van der Waals surface area contributed by atoms with Crippen LogP contribution >= 0.6 is 11.6 Å². The minimum absolute atomic E-state index is 0.0841. The number of aryl methyl sites for hydroxylation is 1. The fourth-order valence-corrected chi connectivity index (χ4v) is 3.13. The van der Waals surface area contributed by atoms with Gasteiger partial charge in [0.15, 0.2) is 0 Å². The lowest BCUT2D eigenvalue weighted by molar-refractivity contribution is 0.465. The van der Waals surface area contributed by atoms with Crippen molar-refractivity contribution in [1.82, 2.24) is 14.1 Å². The molecule has 0 bridgehead atoms. The molecule has 0 atom stereocenters. The van der Waals surface area contributed by atoms with Gasteiger partial charge in [0, 0.05) is 25.7 Å². The highest BCUT2D eigenvalue weighted by Crippen LogP contribution is 2.16. The van der Waals surface area contributed by atoms with E-state index in [1.807, 2.05) is 0 Å². The minimum Gasteiger partial charge on any atom is -0.270 e. The number of sulfonamides is 1. The molecule has 2 aromatic rings. The van der Waals surface area contributed by atoms with E-state index >= 15 is 0 Å². The first-order chi connectivity index (χ1) is 9.93. The molecule has 0 amide bonds. The summed E-state index contributed by atoms with van der Waals surface area (Å²) in [5, 5.41) is 3.94. The van der Waals surface area contributed by atoms with Crippen molar-refractivity contribution in [1.29, 1.82) is 0 Å². The summed E-state index contributed by atoms with van der Waals surface area (Å²) in [6.45, 7) is 0.519. The van der Waals surface area contributed by atoms with Crippen molar-refractivity contribution in [3.05, 3.63) is 48.0 Å². The van der Waals surface area contributed by atoms with Crippen molar-refractivity contribution in [2.24, 2.45) is 0 Å². The standard InChI is InChI=1S/C13H15ClFN3O2S/c1-17(9-11-3-2-4-12(15)7-11)21(19,20)13-8-16-18(10-13)6-5-14/h2-4,7-8,10H,5-6,9H2,1H3. The fourth-order valence-electron chi connectivity index (χ4n) is 1.84. The van der Waals surface area contributed by atoms with Gasteiger partial charge in [-0.2, -0.15) is 9.40 Å². The second-order valence-corrected chi connectivity index (χ2v) is 6.94. The summed E-state index contributed by atoms with van der Waals surface area (Å²) in [5.41, 5.74) is 0.578. The monoisotopic (exact) mass is 331 g/mol. The third-order valence-electron chi connectivity index (χ3n) is 2.93. The van der Waals surface area contributed by atoms with E-state index in [9.17, 15) is 12.8 Å². The van der Waals surface area contributed by atoms with E-state index in [1.165, 1.54) is 36.3 Å². The lowest BCUT2D eigenvalue weighted by Gasteiger charge is -2.16. The molecule has 0 spiro atoms. The number of nitrogens with zero attached hydrogens (tertiary/aromatic N) is 3. The van der Waals surface area contributed by atoms with Gasteiger partial charge in [-0.3, -0.25) is 4.68 Å². The van der Waals surface area contributed by atoms with Gasteiger partial charge < -0.3 is 0 Å². The predicted octanol–water partition coefficient (Wildman–Crippen LogP) is 2.08. The highest BCUT2D eigenvalue weighted by molar-refractivity contribution is 7.89. The van der Waals surface area contributed by atoms with Crippen LogP contribution in [0.1, 0.15) is 5.56 Å². The number of hydrogen-bond acceptors (Lipinski definition) is 3. The van der Waals surface area contributed by atoms with E-state index < -0.39 is 15.8 Å². The molecule has 1 aromatic carbocycles. The average Bonchev–Trinajstić information content (AvgIpc) is 2.88. The lowest BCUT2D eigenvalue weighted by Crippen LogP contribution is -2.26. The maximum absolute atomic E-state index is 13.1. The van der Waals surface area contributed by atoms with Gasteiger partial charge in [0.2, 0.25) is 10.0 Å². The van der Waals surface area contributed by atoms with Crippen LogP contribution in [0.4, 0.5) is 4.39 Å². The van der Waals surface area contributed by atoms with Crippen LogP contribution in [0.25, 0.3) is 0 Å². The molecule has 0 unspecified atom stereocenters. The Morgan fingerprint density at radius 3 is 2.86 bits per heavy atom. The SMILES string of the molecule is CN(Cc1cccc(F)c1)S(=O)(=O)c1cnn(CCCl)c1. The number of benzene rings is 1. The van der Waals surface area contributed by atoms with Crippen molar-refractivity contribution >= 4 is 21.6 Å². The summed E-state index contributed by atoms with van der Waals surface area (Å²) in [6, 6.07) is 5.84. The maximum Gasteiger partial charge on any atom is 0.246 e. The van der Waals surface area contributed by atoms with E-state index in [1.54, 1.807) is 12.1 Å². The van der Waals surface area contributed by atoms with Gasteiger partial charge in [-0.15, -0.1) is 11.6 Å². The quantitative estimate of drug-likeness (QED) is 0.762. The van der Waals surface area contributed by atoms with Gasteiger partial charge in [-0.1, -0.05) is 12.1 Å². The van der Waals surface area contributed by atoms with Crippen LogP contribution in [-0.4, -0.2) is 35.4 Å². The van der Waals surface area contributed by atoms with Gasteiger partial charge in [-0.25, -0.2) is 12.8 Å². The number of rotatable bonds is 6. The van der Waals surface area contributed by atoms with Crippen molar-refractivity contribution < 1.29 is 12.8 Å². The van der Waals surface area contributed by atoms with Crippen molar-refractivity contribution in [3.8, 4) is 0 Å². The molecule has 0 fully saturated rings. The van der Waals surface area contributed by atoms with Crippen molar-refractivity contribution in [2.75, 3.05) is 12.9 Å². The largest absolute Gasteiger partial charge is 0.270 e. The summed E-state index contributed by atoms with van der Waals surface area (Å²) < 4.78 is 40.5. The Morgan fingerprint density at radius 1 is 1.43 bits per heavy atom. The van der Waals surface area contributed by atoms with Crippen molar-refractivity contribution in [2.45, 2.75) is 18.0 Å².